The molecule has 8 aromatic carbocycles. The van der Waals surface area contributed by atoms with Gasteiger partial charge < -0.3 is 4.57 Å². The number of nitrogens with zero attached hydrogens (tertiary/aromatic N) is 4. The first-order chi connectivity index (χ1) is 29.6. The molecule has 4 heteroatoms. The molecule has 0 saturated carbocycles. The number of fused-ring (bicyclic) bond motifs is 3. The molecule has 0 N–H and O–H groups in total. The van der Waals surface area contributed by atoms with Crippen LogP contribution in [0.25, 0.3) is 83.9 Å². The van der Waals surface area contributed by atoms with Crippen molar-refractivity contribution in [2.45, 2.75) is 32.6 Å². The van der Waals surface area contributed by atoms with E-state index in [4.69, 9.17) is 15.0 Å². The SMILES string of the molecule is CCC(Cc1ccccc1)c1ccccc1-c1cc2c3ccccc3n(-c3ccc(-c4nc(-c5ccccc5)nc(-c5cccc(-c6ccccc6)c5)n4)cc3)c2cc1C. The van der Waals surface area contributed by atoms with Crippen LogP contribution in [0.1, 0.15) is 36.0 Å². The highest BCUT2D eigenvalue weighted by Gasteiger charge is 2.20. The van der Waals surface area contributed by atoms with E-state index in [1.807, 2.05) is 36.4 Å². The van der Waals surface area contributed by atoms with Gasteiger partial charge in [0.05, 0.1) is 11.0 Å². The van der Waals surface area contributed by atoms with Crippen LogP contribution in [-0.4, -0.2) is 19.5 Å². The van der Waals surface area contributed by atoms with E-state index in [0.29, 0.717) is 23.4 Å². The highest BCUT2D eigenvalue weighted by atomic mass is 15.0. The van der Waals surface area contributed by atoms with E-state index in [-0.39, 0.29) is 0 Å². The van der Waals surface area contributed by atoms with Crippen LogP contribution >= 0.6 is 0 Å². The monoisotopic (exact) mass is 772 g/mol. The Kier molecular flexibility index (Phi) is 9.88. The molecule has 0 spiro atoms. The lowest BCUT2D eigenvalue weighted by Gasteiger charge is -2.21. The van der Waals surface area contributed by atoms with Gasteiger partial charge in [0.25, 0.3) is 0 Å². The fourth-order valence-electron chi connectivity index (χ4n) is 8.74. The van der Waals surface area contributed by atoms with E-state index < -0.39 is 0 Å². The quantitative estimate of drug-likeness (QED) is 0.139. The van der Waals surface area contributed by atoms with Crippen molar-refractivity contribution in [2.75, 3.05) is 0 Å². The first-order valence-corrected chi connectivity index (χ1v) is 20.9. The maximum absolute atomic E-state index is 5.10. The van der Waals surface area contributed by atoms with Crippen molar-refractivity contribution < 1.29 is 0 Å². The number of para-hydroxylation sites is 1. The maximum atomic E-state index is 5.10. The number of rotatable bonds is 10. The second-order valence-electron chi connectivity index (χ2n) is 15.6. The molecule has 4 nitrogen and oxygen atoms in total. The van der Waals surface area contributed by atoms with Crippen molar-refractivity contribution in [3.05, 3.63) is 217 Å². The largest absolute Gasteiger partial charge is 0.309 e. The molecule has 288 valence electrons. The van der Waals surface area contributed by atoms with Crippen LogP contribution in [0.5, 0.6) is 0 Å². The minimum atomic E-state index is 0.419. The second-order valence-corrected chi connectivity index (χ2v) is 15.6. The predicted octanol–water partition coefficient (Wildman–Crippen LogP) is 14.3. The Balaban J connectivity index is 1.05. The fourth-order valence-corrected chi connectivity index (χ4v) is 8.74. The summed E-state index contributed by atoms with van der Waals surface area (Å²) in [5.41, 5.74) is 15.2. The average molecular weight is 773 g/mol. The van der Waals surface area contributed by atoms with Gasteiger partial charge in [-0.1, -0.05) is 159 Å². The molecular formula is C56H44N4. The van der Waals surface area contributed by atoms with Gasteiger partial charge in [0, 0.05) is 33.2 Å². The Morgan fingerprint density at radius 3 is 1.72 bits per heavy atom. The highest BCUT2D eigenvalue weighted by molar-refractivity contribution is 6.11. The maximum Gasteiger partial charge on any atom is 0.164 e. The normalized spacial score (nSPS) is 11.9. The summed E-state index contributed by atoms with van der Waals surface area (Å²) in [6, 6.07) is 71.1. The first kappa shape index (κ1) is 36.9. The van der Waals surface area contributed by atoms with Crippen LogP contribution in [0.2, 0.25) is 0 Å². The zero-order chi connectivity index (χ0) is 40.4. The molecule has 2 aromatic heterocycles. The highest BCUT2D eigenvalue weighted by Crippen LogP contribution is 2.40. The summed E-state index contributed by atoms with van der Waals surface area (Å²) >= 11 is 0. The Morgan fingerprint density at radius 2 is 1.00 bits per heavy atom. The minimum Gasteiger partial charge on any atom is -0.309 e. The molecule has 10 rings (SSSR count). The van der Waals surface area contributed by atoms with Crippen LogP contribution in [-0.2, 0) is 6.42 Å². The third kappa shape index (κ3) is 7.07. The third-order valence-electron chi connectivity index (χ3n) is 11.8. The predicted molar refractivity (Wildman–Crippen MR) is 249 cm³/mol. The lowest BCUT2D eigenvalue weighted by atomic mass is 9.84. The molecule has 0 aliphatic rings. The minimum absolute atomic E-state index is 0.419. The summed E-state index contributed by atoms with van der Waals surface area (Å²) in [6.45, 7) is 4.57. The number of hydrogen-bond donors (Lipinski definition) is 0. The van der Waals surface area contributed by atoms with Crippen molar-refractivity contribution in [1.29, 1.82) is 0 Å². The molecular weight excluding hydrogens is 729 g/mol. The molecule has 0 radical (unpaired) electrons. The molecule has 60 heavy (non-hydrogen) atoms. The van der Waals surface area contributed by atoms with Gasteiger partial charge in [-0.3, -0.25) is 0 Å². The standard InChI is InChI=1S/C56H44N4/c1-3-40(35-39-18-7-4-8-19-39)47-26-13-14-27-48(47)50-37-51-49-28-15-16-29-52(49)60(53(51)34-38(50)2)46-32-30-43(31-33-46)55-57-54(42-22-11-6-12-23-42)58-56(59-55)45-25-17-24-44(36-45)41-20-9-5-10-21-41/h4-34,36-37,40H,3,35H2,1-2H3. The topological polar surface area (TPSA) is 43.6 Å². The van der Waals surface area contributed by atoms with Gasteiger partial charge in [-0.15, -0.1) is 0 Å². The Bertz CT molecular complexity index is 3100. The van der Waals surface area contributed by atoms with Crippen molar-refractivity contribution in [2.24, 2.45) is 0 Å². The van der Waals surface area contributed by atoms with Crippen molar-refractivity contribution >= 4 is 21.8 Å². The Labute approximate surface area is 351 Å². The molecule has 1 unspecified atom stereocenters. The van der Waals surface area contributed by atoms with Crippen LogP contribution in [0.4, 0.5) is 0 Å². The summed E-state index contributed by atoms with van der Waals surface area (Å²) in [5, 5.41) is 2.48. The van der Waals surface area contributed by atoms with Gasteiger partial charge in [0.1, 0.15) is 0 Å². The van der Waals surface area contributed by atoms with Crippen LogP contribution in [0.3, 0.4) is 0 Å². The van der Waals surface area contributed by atoms with E-state index in [1.165, 1.54) is 49.6 Å². The summed E-state index contributed by atoms with van der Waals surface area (Å²) in [6.07, 6.45) is 2.09. The Hall–Kier alpha value is -7.43. The van der Waals surface area contributed by atoms with Gasteiger partial charge >= 0.3 is 0 Å². The zero-order valence-corrected chi connectivity index (χ0v) is 33.8. The van der Waals surface area contributed by atoms with Crippen molar-refractivity contribution in [3.63, 3.8) is 0 Å². The first-order valence-electron chi connectivity index (χ1n) is 20.9. The molecule has 0 saturated heterocycles. The van der Waals surface area contributed by atoms with Gasteiger partial charge in [0.15, 0.2) is 17.5 Å². The molecule has 0 aliphatic heterocycles. The number of benzene rings is 8. The van der Waals surface area contributed by atoms with Crippen LogP contribution in [0, 0.1) is 6.92 Å². The molecule has 0 amide bonds. The van der Waals surface area contributed by atoms with Gasteiger partial charge in [-0.2, -0.15) is 0 Å². The van der Waals surface area contributed by atoms with Crippen LogP contribution in [0.15, 0.2) is 200 Å². The van der Waals surface area contributed by atoms with Gasteiger partial charge in [0.2, 0.25) is 0 Å². The molecule has 0 bridgehead atoms. The van der Waals surface area contributed by atoms with E-state index in [1.54, 1.807) is 0 Å². The summed E-state index contributed by atoms with van der Waals surface area (Å²) in [4.78, 5) is 15.1. The Morgan fingerprint density at radius 1 is 0.433 bits per heavy atom. The molecule has 0 aliphatic carbocycles. The number of aryl methyl sites for hydroxylation is 1. The summed E-state index contributed by atoms with van der Waals surface area (Å²) < 4.78 is 2.39. The third-order valence-corrected chi connectivity index (χ3v) is 11.8. The number of hydrogen-bond acceptors (Lipinski definition) is 3. The fraction of sp³-hybridized carbons (Fsp3) is 0.0893. The molecule has 0 fully saturated rings. The average Bonchev–Trinajstić information content (AvgIpc) is 3.64. The molecule has 10 aromatic rings. The van der Waals surface area contributed by atoms with Gasteiger partial charge in [-0.25, -0.2) is 15.0 Å². The lowest BCUT2D eigenvalue weighted by Crippen LogP contribution is -2.04. The molecule has 2 heterocycles. The van der Waals surface area contributed by atoms with E-state index in [0.717, 1.165) is 46.3 Å². The van der Waals surface area contributed by atoms with E-state index >= 15 is 0 Å². The van der Waals surface area contributed by atoms with Crippen molar-refractivity contribution in [1.82, 2.24) is 19.5 Å². The molecule has 1 atom stereocenters. The van der Waals surface area contributed by atoms with Gasteiger partial charge in [-0.05, 0) is 113 Å². The zero-order valence-electron chi connectivity index (χ0n) is 33.8. The summed E-state index contributed by atoms with van der Waals surface area (Å²) in [7, 11) is 0. The van der Waals surface area contributed by atoms with Crippen molar-refractivity contribution in [3.8, 4) is 62.1 Å². The second kappa shape index (κ2) is 16.1. The lowest BCUT2D eigenvalue weighted by molar-refractivity contribution is 0.662. The summed E-state index contributed by atoms with van der Waals surface area (Å²) in [5.74, 6) is 2.34. The number of aromatic nitrogens is 4. The van der Waals surface area contributed by atoms with E-state index in [2.05, 4.69) is 182 Å². The van der Waals surface area contributed by atoms with Crippen LogP contribution < -0.4 is 0 Å². The smallest absolute Gasteiger partial charge is 0.164 e. The van der Waals surface area contributed by atoms with E-state index in [9.17, 15) is 0 Å².